The van der Waals surface area contributed by atoms with Crippen molar-refractivity contribution in [1.82, 2.24) is 9.97 Å². The summed E-state index contributed by atoms with van der Waals surface area (Å²) in [5.74, 6) is 0.426. The van der Waals surface area contributed by atoms with Crippen LogP contribution in [-0.4, -0.2) is 26.8 Å². The van der Waals surface area contributed by atoms with Crippen LogP contribution >= 0.6 is 11.8 Å². The van der Waals surface area contributed by atoms with E-state index < -0.39 is 5.97 Å². The van der Waals surface area contributed by atoms with Gasteiger partial charge < -0.3 is 5.11 Å². The lowest BCUT2D eigenvalue weighted by Gasteiger charge is -2.13. The van der Waals surface area contributed by atoms with Crippen molar-refractivity contribution in [2.45, 2.75) is 43.0 Å². The molecule has 1 aromatic rings. The number of hydrogen-bond acceptors (Lipinski definition) is 4. The van der Waals surface area contributed by atoms with E-state index in [-0.39, 0.29) is 5.82 Å². The average Bonchev–Trinajstić information content (AvgIpc) is 2.98. The van der Waals surface area contributed by atoms with Gasteiger partial charge in [-0.1, -0.05) is 12.8 Å². The van der Waals surface area contributed by atoms with Crippen LogP contribution in [0.15, 0.2) is 5.03 Å². The molecule has 1 saturated carbocycles. The van der Waals surface area contributed by atoms with Gasteiger partial charge in [0.1, 0.15) is 5.03 Å². The first-order valence-corrected chi connectivity index (χ1v) is 7.01. The van der Waals surface area contributed by atoms with Gasteiger partial charge in [-0.05, 0) is 19.3 Å². The normalized spacial score (nSPS) is 19.5. The lowest BCUT2D eigenvalue weighted by molar-refractivity contribution is 0.0682. The molecule has 4 nitrogen and oxygen atoms in total. The van der Waals surface area contributed by atoms with Crippen molar-refractivity contribution in [2.24, 2.45) is 0 Å². The fraction of sp³-hybridized carbons (Fsp3) is 0.583. The average molecular weight is 250 g/mol. The largest absolute Gasteiger partial charge is 0.475 e. The highest BCUT2D eigenvalue weighted by Crippen LogP contribution is 2.40. The molecular formula is C12H14N2O2S. The molecule has 1 N–H and O–H groups in total. The van der Waals surface area contributed by atoms with Gasteiger partial charge in [0, 0.05) is 17.2 Å². The number of hydrogen-bond donors (Lipinski definition) is 1. The summed E-state index contributed by atoms with van der Waals surface area (Å²) in [5.41, 5.74) is 2.24. The number of aromatic carboxylic acids is 1. The Hall–Kier alpha value is -1.10. The van der Waals surface area contributed by atoms with Crippen LogP contribution < -0.4 is 0 Å². The number of thioether (sulfide) groups is 1. The molecule has 0 unspecified atom stereocenters. The van der Waals surface area contributed by atoms with Gasteiger partial charge in [0.2, 0.25) is 5.82 Å². The summed E-state index contributed by atoms with van der Waals surface area (Å²) in [6, 6.07) is 0. The number of fused-ring (bicyclic) bond motifs is 1. The van der Waals surface area contributed by atoms with Gasteiger partial charge in [-0.2, -0.15) is 0 Å². The predicted octanol–water partition coefficient (Wildman–Crippen LogP) is 2.48. The summed E-state index contributed by atoms with van der Waals surface area (Å²) in [6.45, 7) is 0. The van der Waals surface area contributed by atoms with Crippen LogP contribution in [-0.2, 0) is 6.42 Å². The zero-order valence-electron chi connectivity index (χ0n) is 9.48. The Morgan fingerprint density at radius 3 is 2.76 bits per heavy atom. The highest BCUT2D eigenvalue weighted by atomic mass is 32.2. The Morgan fingerprint density at radius 1 is 1.29 bits per heavy atom. The van der Waals surface area contributed by atoms with Crippen LogP contribution in [0.25, 0.3) is 0 Å². The molecule has 0 bridgehead atoms. The van der Waals surface area contributed by atoms with E-state index in [1.165, 1.54) is 18.4 Å². The number of carboxylic acid groups (broad SMARTS) is 1. The standard InChI is InChI=1S/C12H14N2O2S/c15-12(16)10-13-9(7-3-1-2-4-7)8-5-6-17-11(8)14-10/h7H,1-6H2,(H,15,16). The Labute approximate surface area is 104 Å². The van der Waals surface area contributed by atoms with Crippen molar-refractivity contribution in [3.8, 4) is 0 Å². The van der Waals surface area contributed by atoms with Crippen molar-refractivity contribution in [3.05, 3.63) is 17.1 Å². The molecule has 1 fully saturated rings. The SMILES string of the molecule is O=C(O)c1nc2c(c(C3CCCC3)n1)CCS2. The molecule has 2 heterocycles. The van der Waals surface area contributed by atoms with Crippen molar-refractivity contribution < 1.29 is 9.90 Å². The van der Waals surface area contributed by atoms with Gasteiger partial charge in [-0.3, -0.25) is 0 Å². The molecule has 0 atom stereocenters. The van der Waals surface area contributed by atoms with Gasteiger partial charge in [0.25, 0.3) is 0 Å². The van der Waals surface area contributed by atoms with E-state index in [1.807, 2.05) is 0 Å². The first-order valence-electron chi connectivity index (χ1n) is 6.02. The fourth-order valence-electron chi connectivity index (χ4n) is 2.72. The maximum atomic E-state index is 11.0. The molecule has 5 heteroatoms. The third kappa shape index (κ3) is 1.92. The molecule has 90 valence electrons. The molecule has 1 aromatic heterocycles. The monoisotopic (exact) mass is 250 g/mol. The quantitative estimate of drug-likeness (QED) is 0.817. The number of carbonyl (C=O) groups is 1. The molecule has 1 aliphatic carbocycles. The Bertz CT molecular complexity index is 470. The van der Waals surface area contributed by atoms with Crippen LogP contribution in [0.3, 0.4) is 0 Å². The fourth-order valence-corrected chi connectivity index (χ4v) is 3.75. The maximum Gasteiger partial charge on any atom is 0.373 e. The summed E-state index contributed by atoms with van der Waals surface area (Å²) < 4.78 is 0. The predicted molar refractivity (Wildman–Crippen MR) is 64.6 cm³/mol. The van der Waals surface area contributed by atoms with Gasteiger partial charge in [0.05, 0.1) is 5.69 Å². The third-order valence-electron chi connectivity index (χ3n) is 3.53. The number of nitrogens with zero attached hydrogens (tertiary/aromatic N) is 2. The molecule has 3 rings (SSSR count). The van der Waals surface area contributed by atoms with Gasteiger partial charge >= 0.3 is 5.97 Å². The van der Waals surface area contributed by atoms with Gasteiger partial charge in [-0.15, -0.1) is 11.8 Å². The Morgan fingerprint density at radius 2 is 2.06 bits per heavy atom. The van der Waals surface area contributed by atoms with E-state index in [9.17, 15) is 4.79 Å². The maximum absolute atomic E-state index is 11.0. The number of rotatable bonds is 2. The third-order valence-corrected chi connectivity index (χ3v) is 4.54. The van der Waals surface area contributed by atoms with E-state index in [2.05, 4.69) is 9.97 Å². The van der Waals surface area contributed by atoms with E-state index in [0.717, 1.165) is 35.7 Å². The van der Waals surface area contributed by atoms with E-state index in [1.54, 1.807) is 11.8 Å². The zero-order chi connectivity index (χ0) is 11.8. The summed E-state index contributed by atoms with van der Waals surface area (Å²) in [5, 5.41) is 9.95. The van der Waals surface area contributed by atoms with E-state index in [4.69, 9.17) is 5.11 Å². The van der Waals surface area contributed by atoms with E-state index in [0.29, 0.717) is 5.92 Å². The summed E-state index contributed by atoms with van der Waals surface area (Å²) in [4.78, 5) is 19.5. The number of aromatic nitrogens is 2. The minimum atomic E-state index is -1.01. The highest BCUT2D eigenvalue weighted by Gasteiger charge is 2.28. The Kier molecular flexibility index (Phi) is 2.78. The van der Waals surface area contributed by atoms with Crippen molar-refractivity contribution in [3.63, 3.8) is 0 Å². The van der Waals surface area contributed by atoms with Crippen molar-refractivity contribution >= 4 is 17.7 Å². The van der Waals surface area contributed by atoms with Crippen LogP contribution in [0.1, 0.15) is 53.5 Å². The first kappa shape index (κ1) is 11.0. The first-order chi connectivity index (χ1) is 8.25. The summed E-state index contributed by atoms with van der Waals surface area (Å²) in [7, 11) is 0. The summed E-state index contributed by atoms with van der Waals surface area (Å²) >= 11 is 1.66. The molecule has 17 heavy (non-hydrogen) atoms. The van der Waals surface area contributed by atoms with Crippen LogP contribution in [0.2, 0.25) is 0 Å². The lowest BCUT2D eigenvalue weighted by Crippen LogP contribution is -2.11. The molecule has 0 radical (unpaired) electrons. The molecule has 0 aromatic carbocycles. The van der Waals surface area contributed by atoms with Crippen LogP contribution in [0.5, 0.6) is 0 Å². The summed E-state index contributed by atoms with van der Waals surface area (Å²) in [6.07, 6.45) is 5.75. The number of carboxylic acids is 1. The van der Waals surface area contributed by atoms with E-state index >= 15 is 0 Å². The van der Waals surface area contributed by atoms with Gasteiger partial charge in [-0.25, -0.2) is 14.8 Å². The topological polar surface area (TPSA) is 63.1 Å². The van der Waals surface area contributed by atoms with Crippen LogP contribution in [0.4, 0.5) is 0 Å². The molecule has 0 spiro atoms. The second-order valence-corrected chi connectivity index (χ2v) is 5.68. The van der Waals surface area contributed by atoms with Crippen molar-refractivity contribution in [2.75, 3.05) is 5.75 Å². The van der Waals surface area contributed by atoms with Crippen LogP contribution in [0, 0.1) is 0 Å². The minimum Gasteiger partial charge on any atom is -0.475 e. The molecule has 2 aliphatic rings. The molecule has 0 saturated heterocycles. The smallest absolute Gasteiger partial charge is 0.373 e. The van der Waals surface area contributed by atoms with Crippen molar-refractivity contribution in [1.29, 1.82) is 0 Å². The lowest BCUT2D eigenvalue weighted by atomic mass is 9.98. The second-order valence-electron chi connectivity index (χ2n) is 4.60. The second kappa shape index (κ2) is 4.29. The minimum absolute atomic E-state index is 0.0277. The molecule has 1 aliphatic heterocycles. The highest BCUT2D eigenvalue weighted by molar-refractivity contribution is 7.99. The molecule has 0 amide bonds. The zero-order valence-corrected chi connectivity index (χ0v) is 10.3. The molecular weight excluding hydrogens is 236 g/mol. The van der Waals surface area contributed by atoms with Gasteiger partial charge in [0.15, 0.2) is 0 Å². The Balaban J connectivity index is 2.08.